The van der Waals surface area contributed by atoms with Gasteiger partial charge in [-0.15, -0.1) is 0 Å². The summed E-state index contributed by atoms with van der Waals surface area (Å²) in [4.78, 5) is 23.1. The first kappa shape index (κ1) is 19.3. The van der Waals surface area contributed by atoms with Gasteiger partial charge in [0.15, 0.2) is 0 Å². The first-order valence-corrected chi connectivity index (χ1v) is 8.55. The van der Waals surface area contributed by atoms with Gasteiger partial charge in [0.1, 0.15) is 11.5 Å². The van der Waals surface area contributed by atoms with Crippen LogP contribution in [0.2, 0.25) is 0 Å². The highest BCUT2D eigenvalue weighted by Crippen LogP contribution is 2.29. The van der Waals surface area contributed by atoms with E-state index in [2.05, 4.69) is 5.32 Å². The fourth-order valence-corrected chi connectivity index (χ4v) is 2.43. The van der Waals surface area contributed by atoms with Gasteiger partial charge in [-0.2, -0.15) is 0 Å². The minimum absolute atomic E-state index is 0.151. The maximum Gasteiger partial charge on any atom is 0.335 e. The number of aromatic carboxylic acids is 1. The average molecular weight is 357 g/mol. The Morgan fingerprint density at radius 3 is 2.31 bits per heavy atom. The third kappa shape index (κ3) is 5.51. The molecular weight excluding hydrogens is 334 g/mol. The molecule has 0 aliphatic heterocycles. The number of carboxylic acids is 1. The zero-order chi connectivity index (χ0) is 18.9. The normalized spacial score (nSPS) is 10.2. The molecule has 0 atom stereocenters. The van der Waals surface area contributed by atoms with Gasteiger partial charge < -0.3 is 19.9 Å². The molecule has 0 spiro atoms. The lowest BCUT2D eigenvalue weighted by atomic mass is 10.1. The van der Waals surface area contributed by atoms with Gasteiger partial charge >= 0.3 is 5.97 Å². The summed E-state index contributed by atoms with van der Waals surface area (Å²) in [5, 5.41) is 11.8. The van der Waals surface area contributed by atoms with E-state index in [0.29, 0.717) is 36.8 Å². The lowest BCUT2D eigenvalue weighted by Gasteiger charge is -2.13. The lowest BCUT2D eigenvalue weighted by molar-refractivity contribution is -0.116. The number of nitrogens with one attached hydrogen (secondary N) is 1. The Hall–Kier alpha value is -3.02. The molecule has 138 valence electrons. The van der Waals surface area contributed by atoms with Crippen molar-refractivity contribution in [2.75, 3.05) is 18.5 Å². The summed E-state index contributed by atoms with van der Waals surface area (Å²) in [7, 11) is 0. The molecule has 0 aliphatic rings. The molecule has 2 aromatic carbocycles. The lowest BCUT2D eigenvalue weighted by Crippen LogP contribution is -2.13. The minimum atomic E-state index is -0.966. The highest BCUT2D eigenvalue weighted by atomic mass is 16.5. The van der Waals surface area contributed by atoms with E-state index in [1.54, 1.807) is 30.3 Å². The first-order chi connectivity index (χ1) is 12.5. The van der Waals surface area contributed by atoms with Crippen molar-refractivity contribution in [3.63, 3.8) is 0 Å². The molecule has 6 heteroatoms. The van der Waals surface area contributed by atoms with Gasteiger partial charge in [-0.25, -0.2) is 4.79 Å². The van der Waals surface area contributed by atoms with Crippen LogP contribution in [-0.2, 0) is 11.2 Å². The molecular formula is C20H23NO5. The quantitative estimate of drug-likeness (QED) is 0.714. The molecule has 0 radical (unpaired) electrons. The summed E-state index contributed by atoms with van der Waals surface area (Å²) in [6.07, 6.45) is 0.789. The second-order valence-electron chi connectivity index (χ2n) is 5.57. The van der Waals surface area contributed by atoms with Crippen LogP contribution in [0.25, 0.3) is 0 Å². The number of hydrogen-bond acceptors (Lipinski definition) is 4. The van der Waals surface area contributed by atoms with Crippen LogP contribution in [-0.4, -0.2) is 30.2 Å². The van der Waals surface area contributed by atoms with E-state index >= 15 is 0 Å². The largest absolute Gasteiger partial charge is 0.494 e. The molecule has 0 bridgehead atoms. The van der Waals surface area contributed by atoms with Gasteiger partial charge in [0.2, 0.25) is 5.91 Å². The third-order valence-electron chi connectivity index (χ3n) is 3.68. The van der Waals surface area contributed by atoms with E-state index in [1.165, 1.54) is 12.1 Å². The molecule has 0 fully saturated rings. The number of carbonyl (C=O) groups is 2. The first-order valence-electron chi connectivity index (χ1n) is 8.55. The maximum atomic E-state index is 12.3. The van der Waals surface area contributed by atoms with E-state index in [1.807, 2.05) is 13.8 Å². The topological polar surface area (TPSA) is 84.9 Å². The molecule has 2 aromatic rings. The molecule has 2 rings (SSSR count). The summed E-state index contributed by atoms with van der Waals surface area (Å²) in [6, 6.07) is 11.8. The highest BCUT2D eigenvalue weighted by molar-refractivity contribution is 5.92. The Morgan fingerprint density at radius 2 is 1.69 bits per heavy atom. The third-order valence-corrected chi connectivity index (χ3v) is 3.68. The number of hydrogen-bond donors (Lipinski definition) is 2. The smallest absolute Gasteiger partial charge is 0.335 e. The monoisotopic (exact) mass is 357 g/mol. The number of aryl methyl sites for hydroxylation is 1. The van der Waals surface area contributed by atoms with E-state index in [4.69, 9.17) is 14.6 Å². The van der Waals surface area contributed by atoms with E-state index < -0.39 is 5.97 Å². The van der Waals surface area contributed by atoms with Crippen molar-refractivity contribution >= 4 is 17.6 Å². The van der Waals surface area contributed by atoms with Gasteiger partial charge in [-0.1, -0.05) is 12.1 Å². The van der Waals surface area contributed by atoms with Crippen molar-refractivity contribution in [1.82, 2.24) is 0 Å². The number of benzene rings is 2. The molecule has 0 unspecified atom stereocenters. The number of rotatable bonds is 9. The zero-order valence-electron chi connectivity index (χ0n) is 15.0. The molecule has 0 heterocycles. The van der Waals surface area contributed by atoms with Crippen LogP contribution in [0, 0.1) is 0 Å². The van der Waals surface area contributed by atoms with Crippen LogP contribution in [0.15, 0.2) is 42.5 Å². The van der Waals surface area contributed by atoms with Crippen molar-refractivity contribution in [1.29, 1.82) is 0 Å². The second kappa shape index (κ2) is 9.46. The summed E-state index contributed by atoms with van der Waals surface area (Å²) in [5.74, 6) is 0.138. The molecule has 1 amide bonds. The number of carboxylic acid groups (broad SMARTS) is 1. The van der Waals surface area contributed by atoms with Crippen LogP contribution >= 0.6 is 0 Å². The van der Waals surface area contributed by atoms with Crippen LogP contribution in [0.3, 0.4) is 0 Å². The van der Waals surface area contributed by atoms with Crippen LogP contribution < -0.4 is 14.8 Å². The Balaban J connectivity index is 1.99. The highest BCUT2D eigenvalue weighted by Gasteiger charge is 2.10. The Labute approximate surface area is 152 Å². The zero-order valence-corrected chi connectivity index (χ0v) is 15.0. The number of anilines is 1. The standard InChI is InChI=1S/C20H23NO5/c1-3-25-16-10-11-18(26-4-2)17(13-16)21-19(22)12-7-14-5-8-15(9-6-14)20(23)24/h5-6,8-11,13H,3-4,7,12H2,1-2H3,(H,21,22)(H,23,24). The second-order valence-corrected chi connectivity index (χ2v) is 5.57. The Morgan fingerprint density at radius 1 is 1.00 bits per heavy atom. The minimum Gasteiger partial charge on any atom is -0.494 e. The van der Waals surface area contributed by atoms with Crippen molar-refractivity contribution < 1.29 is 24.2 Å². The van der Waals surface area contributed by atoms with E-state index in [9.17, 15) is 9.59 Å². The SMILES string of the molecule is CCOc1ccc(OCC)c(NC(=O)CCc2ccc(C(=O)O)cc2)c1. The molecule has 2 N–H and O–H groups in total. The predicted octanol–water partition coefficient (Wildman–Crippen LogP) is 3.75. The van der Waals surface area contributed by atoms with E-state index in [0.717, 1.165) is 5.56 Å². The molecule has 0 aliphatic carbocycles. The summed E-state index contributed by atoms with van der Waals surface area (Å²) in [6.45, 7) is 4.80. The molecule has 0 saturated heterocycles. The number of amides is 1. The van der Waals surface area contributed by atoms with Crippen molar-refractivity contribution in [2.24, 2.45) is 0 Å². The maximum absolute atomic E-state index is 12.3. The fourth-order valence-electron chi connectivity index (χ4n) is 2.43. The van der Waals surface area contributed by atoms with Gasteiger partial charge in [0.05, 0.1) is 24.5 Å². The van der Waals surface area contributed by atoms with Crippen LogP contribution in [0.4, 0.5) is 5.69 Å². The van der Waals surface area contributed by atoms with Gasteiger partial charge in [-0.3, -0.25) is 4.79 Å². The summed E-state index contributed by atoms with van der Waals surface area (Å²) in [5.41, 5.74) is 1.70. The van der Waals surface area contributed by atoms with Crippen LogP contribution in [0.5, 0.6) is 11.5 Å². The molecule has 0 aromatic heterocycles. The fraction of sp³-hybridized carbons (Fsp3) is 0.300. The number of carbonyl (C=O) groups excluding carboxylic acids is 1. The molecule has 26 heavy (non-hydrogen) atoms. The Kier molecular flexibility index (Phi) is 7.02. The van der Waals surface area contributed by atoms with Crippen molar-refractivity contribution in [3.8, 4) is 11.5 Å². The van der Waals surface area contributed by atoms with Crippen LogP contribution in [0.1, 0.15) is 36.2 Å². The van der Waals surface area contributed by atoms with Gasteiger partial charge in [0.25, 0.3) is 0 Å². The Bertz CT molecular complexity index is 755. The van der Waals surface area contributed by atoms with Crippen molar-refractivity contribution in [2.45, 2.75) is 26.7 Å². The van der Waals surface area contributed by atoms with Gasteiger partial charge in [0, 0.05) is 12.5 Å². The van der Waals surface area contributed by atoms with Crippen molar-refractivity contribution in [3.05, 3.63) is 53.6 Å². The van der Waals surface area contributed by atoms with Gasteiger partial charge in [-0.05, 0) is 50.1 Å². The predicted molar refractivity (Wildman–Crippen MR) is 99.1 cm³/mol. The molecule has 0 saturated carbocycles. The van der Waals surface area contributed by atoms with E-state index in [-0.39, 0.29) is 17.9 Å². The average Bonchev–Trinajstić information content (AvgIpc) is 2.63. The number of ether oxygens (including phenoxy) is 2. The molecule has 6 nitrogen and oxygen atoms in total. The summed E-state index contributed by atoms with van der Waals surface area (Å²) >= 11 is 0. The summed E-state index contributed by atoms with van der Waals surface area (Å²) < 4.78 is 11.0.